The minimum Gasteiger partial charge on any atom is -0.343 e. The van der Waals surface area contributed by atoms with Crippen molar-refractivity contribution >= 4 is 0 Å². The van der Waals surface area contributed by atoms with Crippen LogP contribution < -0.4 is 0 Å². The molecule has 0 saturated carbocycles. The first-order valence-corrected chi connectivity index (χ1v) is 12.2. The van der Waals surface area contributed by atoms with Crippen LogP contribution in [-0.2, 0) is 13.0 Å². The standard InChI is InChI=1S/C22H42N3.C4H9.U/c1-5-6-7-8-11-14-17-21-20-25(24-23-21)19-16-13-10-9-12-15-18-22(2,3)4;1-4(2)3;/h20H,1,5-19H2,2-4H3;1-3H3;/q2*-1;+2. The van der Waals surface area contributed by atoms with Crippen molar-refractivity contribution in [2.45, 2.75) is 138 Å². The number of unbranched alkanes of at least 4 members (excludes halogenated alkanes) is 10. The largest absolute Gasteiger partial charge is 2.00 e. The van der Waals surface area contributed by atoms with Gasteiger partial charge in [-0.25, -0.2) is 0 Å². The van der Waals surface area contributed by atoms with E-state index < -0.39 is 0 Å². The quantitative estimate of drug-likeness (QED) is 0.142. The van der Waals surface area contributed by atoms with E-state index >= 15 is 0 Å². The van der Waals surface area contributed by atoms with E-state index in [0.29, 0.717) is 5.41 Å². The first-order valence-electron chi connectivity index (χ1n) is 12.2. The molecule has 0 fully saturated rings. The van der Waals surface area contributed by atoms with Gasteiger partial charge in [0.1, 0.15) is 0 Å². The molecule has 0 aromatic carbocycles. The van der Waals surface area contributed by atoms with Gasteiger partial charge in [0.25, 0.3) is 0 Å². The molecule has 174 valence electrons. The molecule has 0 unspecified atom stereocenters. The summed E-state index contributed by atoms with van der Waals surface area (Å²) in [5, 5.41) is 8.59. The minimum absolute atomic E-state index is 0. The van der Waals surface area contributed by atoms with Crippen molar-refractivity contribution in [2.75, 3.05) is 0 Å². The number of aromatic nitrogens is 3. The second-order valence-electron chi connectivity index (χ2n) is 10.3. The third-order valence-corrected chi connectivity index (χ3v) is 4.83. The fraction of sp³-hybridized carbons (Fsp3) is 0.846. The van der Waals surface area contributed by atoms with E-state index in [9.17, 15) is 0 Å². The first-order chi connectivity index (χ1) is 13.7. The van der Waals surface area contributed by atoms with Gasteiger partial charge < -0.3 is 12.8 Å². The average Bonchev–Trinajstić information content (AvgIpc) is 3.06. The third kappa shape index (κ3) is 24.5. The van der Waals surface area contributed by atoms with Crippen LogP contribution in [0.5, 0.6) is 0 Å². The van der Waals surface area contributed by atoms with Crippen LogP contribution >= 0.6 is 0 Å². The zero-order valence-corrected chi connectivity index (χ0v) is 25.4. The maximum Gasteiger partial charge on any atom is 2.00 e. The van der Waals surface area contributed by atoms with E-state index in [1.54, 1.807) is 0 Å². The summed E-state index contributed by atoms with van der Waals surface area (Å²) >= 11 is 0. The van der Waals surface area contributed by atoms with Crippen molar-refractivity contribution in [3.05, 3.63) is 24.7 Å². The predicted octanol–water partition coefficient (Wildman–Crippen LogP) is 8.39. The molecule has 0 aliphatic rings. The summed E-state index contributed by atoms with van der Waals surface area (Å²) < 4.78 is 2.04. The van der Waals surface area contributed by atoms with Gasteiger partial charge >= 0.3 is 31.1 Å². The van der Waals surface area contributed by atoms with E-state index in [1.807, 2.05) is 4.68 Å². The van der Waals surface area contributed by atoms with Crippen LogP contribution in [0.4, 0.5) is 0 Å². The number of hydrogen-bond donors (Lipinski definition) is 0. The molecule has 0 bridgehead atoms. The second kappa shape index (κ2) is 21.1. The Morgan fingerprint density at radius 1 is 0.833 bits per heavy atom. The molecular weight excluding hydrogens is 592 g/mol. The number of aryl methyl sites for hydroxylation is 2. The summed E-state index contributed by atoms with van der Waals surface area (Å²) in [6.07, 6.45) is 20.2. The Morgan fingerprint density at radius 3 is 1.90 bits per heavy atom. The van der Waals surface area contributed by atoms with Gasteiger partial charge in [0.05, 0.1) is 5.69 Å². The topological polar surface area (TPSA) is 30.7 Å². The first kappa shape index (κ1) is 32.4. The zero-order valence-electron chi connectivity index (χ0n) is 21.2. The minimum atomic E-state index is 0. The van der Waals surface area contributed by atoms with E-state index in [1.165, 1.54) is 88.7 Å². The Balaban J connectivity index is 0. The van der Waals surface area contributed by atoms with Crippen molar-refractivity contribution in [1.29, 1.82) is 0 Å². The Hall–Kier alpha value is 0.192. The van der Waals surface area contributed by atoms with E-state index in [2.05, 4.69) is 65.0 Å². The van der Waals surface area contributed by atoms with Crippen molar-refractivity contribution in [3.8, 4) is 0 Å². The molecule has 0 spiro atoms. The van der Waals surface area contributed by atoms with Gasteiger partial charge in [0, 0.05) is 12.7 Å². The smallest absolute Gasteiger partial charge is 0.343 e. The molecule has 3 nitrogen and oxygen atoms in total. The molecule has 0 saturated heterocycles. The van der Waals surface area contributed by atoms with Gasteiger partial charge in [0.2, 0.25) is 0 Å². The van der Waals surface area contributed by atoms with Crippen LogP contribution in [0, 0.1) is 49.4 Å². The molecule has 0 radical (unpaired) electrons. The molecule has 0 aliphatic heterocycles. The predicted molar refractivity (Wildman–Crippen MR) is 129 cm³/mol. The maximum atomic E-state index is 4.32. The Bertz CT molecular complexity index is 460. The van der Waals surface area contributed by atoms with E-state index in [4.69, 9.17) is 0 Å². The molecule has 0 atom stereocenters. The van der Waals surface area contributed by atoms with Crippen molar-refractivity contribution in [1.82, 2.24) is 15.0 Å². The number of nitrogens with zero attached hydrogens (tertiary/aromatic N) is 3. The molecular formula is C26H51N3U. The van der Waals surface area contributed by atoms with Crippen molar-refractivity contribution < 1.29 is 31.1 Å². The summed E-state index contributed by atoms with van der Waals surface area (Å²) in [6.45, 7) is 18.2. The molecule has 1 heterocycles. The van der Waals surface area contributed by atoms with Gasteiger partial charge in [0.15, 0.2) is 0 Å². The van der Waals surface area contributed by atoms with Crippen LogP contribution in [0.2, 0.25) is 0 Å². The summed E-state index contributed by atoms with van der Waals surface area (Å²) in [6, 6.07) is 0. The van der Waals surface area contributed by atoms with Gasteiger partial charge in [-0.05, 0) is 31.1 Å². The molecule has 1 aromatic heterocycles. The molecule has 1 rings (SSSR count). The zero-order chi connectivity index (χ0) is 22.0. The van der Waals surface area contributed by atoms with Gasteiger partial charge in [-0.1, -0.05) is 83.8 Å². The van der Waals surface area contributed by atoms with Gasteiger partial charge in [-0.15, -0.1) is 5.10 Å². The number of hydrogen-bond acceptors (Lipinski definition) is 2. The maximum absolute atomic E-state index is 4.32. The van der Waals surface area contributed by atoms with Crippen molar-refractivity contribution in [3.63, 3.8) is 0 Å². The Labute approximate surface area is 213 Å². The summed E-state index contributed by atoms with van der Waals surface area (Å²) in [4.78, 5) is 0. The van der Waals surface area contributed by atoms with Crippen LogP contribution in [0.15, 0.2) is 6.20 Å². The summed E-state index contributed by atoms with van der Waals surface area (Å²) in [7, 11) is 0. The van der Waals surface area contributed by atoms with Crippen LogP contribution in [0.3, 0.4) is 0 Å². The fourth-order valence-electron chi connectivity index (χ4n) is 3.21. The monoisotopic (exact) mass is 643 g/mol. The normalized spacial score (nSPS) is 11.2. The van der Waals surface area contributed by atoms with Gasteiger partial charge in [-0.3, -0.25) is 4.68 Å². The average molecular weight is 644 g/mol. The molecule has 4 heteroatoms. The Morgan fingerprint density at radius 2 is 1.33 bits per heavy atom. The second-order valence-corrected chi connectivity index (χ2v) is 10.3. The van der Waals surface area contributed by atoms with Crippen molar-refractivity contribution in [2.24, 2.45) is 5.41 Å². The third-order valence-electron chi connectivity index (χ3n) is 4.83. The molecule has 30 heavy (non-hydrogen) atoms. The van der Waals surface area contributed by atoms with Crippen LogP contribution in [0.1, 0.15) is 131 Å². The molecule has 0 aliphatic carbocycles. The summed E-state index contributed by atoms with van der Waals surface area (Å²) in [5.41, 5.74) is 1.66. The van der Waals surface area contributed by atoms with E-state index in [-0.39, 0.29) is 31.1 Å². The van der Waals surface area contributed by atoms with Gasteiger partial charge in [-0.2, -0.15) is 27.2 Å². The Kier molecular flexibility index (Phi) is 22.7. The fourth-order valence-corrected chi connectivity index (χ4v) is 3.21. The molecule has 0 N–H and O–H groups in total. The number of rotatable bonds is 15. The molecule has 0 amide bonds. The van der Waals surface area contributed by atoms with Crippen LogP contribution in [-0.4, -0.2) is 15.0 Å². The van der Waals surface area contributed by atoms with E-state index in [0.717, 1.165) is 19.4 Å². The van der Waals surface area contributed by atoms with Crippen LogP contribution in [0.25, 0.3) is 0 Å². The summed E-state index contributed by atoms with van der Waals surface area (Å²) in [5.74, 6) is 1.42. The molecule has 1 aromatic rings. The SMILES string of the molecule is C[C-](C)C.[CH2-]CCCCCCCc1cn(CCCCCCCCC(C)(C)C)nn1.[U+2].